The predicted octanol–water partition coefficient (Wildman–Crippen LogP) is 3.04. The van der Waals surface area contributed by atoms with Crippen LogP contribution in [0, 0.1) is 12.8 Å². The fraction of sp³-hybridized carbons (Fsp3) is 0.714. The smallest absolute Gasteiger partial charge is 0.187 e. The summed E-state index contributed by atoms with van der Waals surface area (Å²) >= 11 is 1.84. The number of nitrogens with zero attached hydrogens (tertiary/aromatic N) is 2. The highest BCUT2D eigenvalue weighted by Gasteiger charge is 2.33. The van der Waals surface area contributed by atoms with Gasteiger partial charge in [0.25, 0.3) is 0 Å². The lowest BCUT2D eigenvalue weighted by molar-refractivity contribution is 0.431. The zero-order valence-electron chi connectivity index (χ0n) is 11.5. The van der Waals surface area contributed by atoms with Crippen LogP contribution in [0.25, 0.3) is 0 Å². The van der Waals surface area contributed by atoms with Crippen molar-refractivity contribution in [2.45, 2.75) is 56.5 Å². The van der Waals surface area contributed by atoms with E-state index in [1.807, 2.05) is 31.1 Å². The first-order valence-electron chi connectivity index (χ1n) is 6.89. The minimum Gasteiger partial charge on any atom is -0.314 e. The van der Waals surface area contributed by atoms with Gasteiger partial charge < -0.3 is 5.32 Å². The van der Waals surface area contributed by atoms with Crippen molar-refractivity contribution < 1.29 is 0 Å². The summed E-state index contributed by atoms with van der Waals surface area (Å²) in [6.07, 6.45) is 7.57. The number of thioether (sulfide) groups is 1. The van der Waals surface area contributed by atoms with E-state index in [0.717, 1.165) is 17.3 Å². The lowest BCUT2D eigenvalue weighted by Gasteiger charge is -2.20. The summed E-state index contributed by atoms with van der Waals surface area (Å²) in [6, 6.07) is 0.674. The fourth-order valence-corrected chi connectivity index (χ4v) is 3.65. The van der Waals surface area contributed by atoms with Crippen LogP contribution < -0.4 is 5.32 Å². The maximum Gasteiger partial charge on any atom is 0.187 e. The van der Waals surface area contributed by atoms with Gasteiger partial charge in [-0.25, -0.2) is 9.97 Å². The average Bonchev–Trinajstić information content (AvgIpc) is 2.71. The van der Waals surface area contributed by atoms with Gasteiger partial charge in [-0.2, -0.15) is 0 Å². The van der Waals surface area contributed by atoms with Crippen molar-refractivity contribution in [3.05, 3.63) is 18.0 Å². The van der Waals surface area contributed by atoms with Crippen molar-refractivity contribution >= 4 is 11.8 Å². The van der Waals surface area contributed by atoms with Crippen molar-refractivity contribution in [2.75, 3.05) is 6.54 Å². The third-order valence-electron chi connectivity index (χ3n) is 3.65. The first-order chi connectivity index (χ1) is 8.70. The zero-order valence-corrected chi connectivity index (χ0v) is 12.3. The standard InChI is InChI=1S/C14H23N3S/c1-4-7-15-12-5-6-13(11(12)3)18-14-16-8-10(2)9-17-14/h8-9,11-13,15H,4-7H2,1-3H3. The van der Waals surface area contributed by atoms with Crippen LogP contribution in [-0.4, -0.2) is 27.8 Å². The molecule has 0 spiro atoms. The Balaban J connectivity index is 1.89. The Morgan fingerprint density at radius 1 is 1.33 bits per heavy atom. The Labute approximate surface area is 114 Å². The van der Waals surface area contributed by atoms with Gasteiger partial charge in [0.15, 0.2) is 5.16 Å². The van der Waals surface area contributed by atoms with Gasteiger partial charge in [0.1, 0.15) is 0 Å². The lowest BCUT2D eigenvalue weighted by atomic mass is 10.1. The first-order valence-corrected chi connectivity index (χ1v) is 7.77. The molecule has 3 unspecified atom stereocenters. The Morgan fingerprint density at radius 2 is 2.06 bits per heavy atom. The molecule has 1 N–H and O–H groups in total. The second-order valence-corrected chi connectivity index (χ2v) is 6.40. The van der Waals surface area contributed by atoms with E-state index in [4.69, 9.17) is 0 Å². The predicted molar refractivity (Wildman–Crippen MR) is 76.9 cm³/mol. The Bertz CT molecular complexity index is 366. The lowest BCUT2D eigenvalue weighted by Crippen LogP contribution is -2.33. The molecule has 1 aromatic rings. The van der Waals surface area contributed by atoms with E-state index in [1.54, 1.807) is 0 Å². The van der Waals surface area contributed by atoms with Gasteiger partial charge in [-0.3, -0.25) is 0 Å². The fourth-order valence-electron chi connectivity index (χ4n) is 2.49. The highest BCUT2D eigenvalue weighted by atomic mass is 32.2. The van der Waals surface area contributed by atoms with Crippen molar-refractivity contribution in [1.29, 1.82) is 0 Å². The van der Waals surface area contributed by atoms with Crippen LogP contribution in [0.15, 0.2) is 17.6 Å². The molecule has 1 aliphatic rings. The minimum atomic E-state index is 0.655. The summed E-state index contributed by atoms with van der Waals surface area (Å²) in [7, 11) is 0. The summed E-state index contributed by atoms with van der Waals surface area (Å²) in [5, 5.41) is 5.23. The monoisotopic (exact) mass is 265 g/mol. The summed E-state index contributed by atoms with van der Waals surface area (Å²) in [4.78, 5) is 8.79. The third-order valence-corrected chi connectivity index (χ3v) is 5.04. The molecule has 0 aromatic carbocycles. The summed E-state index contributed by atoms with van der Waals surface area (Å²) in [5.74, 6) is 0.700. The van der Waals surface area contributed by atoms with Crippen LogP contribution in [0.4, 0.5) is 0 Å². The number of aromatic nitrogens is 2. The quantitative estimate of drug-likeness (QED) is 0.830. The molecule has 0 saturated heterocycles. The van der Waals surface area contributed by atoms with Crippen molar-refractivity contribution in [1.82, 2.24) is 15.3 Å². The second kappa shape index (κ2) is 6.53. The molecule has 2 rings (SSSR count). The van der Waals surface area contributed by atoms with E-state index in [0.29, 0.717) is 17.2 Å². The van der Waals surface area contributed by atoms with Gasteiger partial charge in [-0.1, -0.05) is 25.6 Å². The molecule has 0 aliphatic heterocycles. The van der Waals surface area contributed by atoms with Gasteiger partial charge in [-0.15, -0.1) is 0 Å². The minimum absolute atomic E-state index is 0.655. The molecule has 3 nitrogen and oxygen atoms in total. The second-order valence-electron chi connectivity index (χ2n) is 5.20. The molecule has 0 bridgehead atoms. The number of rotatable bonds is 5. The molecule has 18 heavy (non-hydrogen) atoms. The van der Waals surface area contributed by atoms with E-state index in [2.05, 4.69) is 29.1 Å². The molecule has 1 fully saturated rings. The molecule has 0 amide bonds. The molecule has 0 radical (unpaired) electrons. The van der Waals surface area contributed by atoms with Crippen molar-refractivity contribution in [3.8, 4) is 0 Å². The molecule has 1 aliphatic carbocycles. The Morgan fingerprint density at radius 3 is 2.72 bits per heavy atom. The molecular weight excluding hydrogens is 242 g/mol. The molecular formula is C14H23N3S. The molecule has 3 atom stereocenters. The number of hydrogen-bond acceptors (Lipinski definition) is 4. The molecule has 1 aromatic heterocycles. The first kappa shape index (κ1) is 13.8. The highest BCUT2D eigenvalue weighted by molar-refractivity contribution is 7.99. The van der Waals surface area contributed by atoms with E-state index in [1.165, 1.54) is 19.3 Å². The SMILES string of the molecule is CCCNC1CCC(Sc2ncc(C)cn2)C1C. The van der Waals surface area contributed by atoms with Crippen LogP contribution in [0.2, 0.25) is 0 Å². The van der Waals surface area contributed by atoms with Crippen molar-refractivity contribution in [2.24, 2.45) is 5.92 Å². The maximum atomic E-state index is 4.39. The van der Waals surface area contributed by atoms with Gasteiger partial charge in [0, 0.05) is 23.7 Å². The molecule has 4 heteroatoms. The van der Waals surface area contributed by atoms with Crippen LogP contribution in [0.5, 0.6) is 0 Å². The Hall–Kier alpha value is -0.610. The molecule has 1 heterocycles. The maximum absolute atomic E-state index is 4.39. The number of hydrogen-bond donors (Lipinski definition) is 1. The van der Waals surface area contributed by atoms with Gasteiger partial charge in [0.2, 0.25) is 0 Å². The topological polar surface area (TPSA) is 37.8 Å². The zero-order chi connectivity index (χ0) is 13.0. The van der Waals surface area contributed by atoms with E-state index < -0.39 is 0 Å². The number of aryl methyl sites for hydroxylation is 1. The van der Waals surface area contributed by atoms with E-state index >= 15 is 0 Å². The summed E-state index contributed by atoms with van der Waals surface area (Å²) in [5.41, 5.74) is 1.13. The van der Waals surface area contributed by atoms with Gasteiger partial charge >= 0.3 is 0 Å². The van der Waals surface area contributed by atoms with Gasteiger partial charge in [0.05, 0.1) is 0 Å². The van der Waals surface area contributed by atoms with E-state index in [-0.39, 0.29) is 0 Å². The number of nitrogens with one attached hydrogen (secondary N) is 1. The molecule has 100 valence electrons. The summed E-state index contributed by atoms with van der Waals surface area (Å²) < 4.78 is 0. The third kappa shape index (κ3) is 3.45. The van der Waals surface area contributed by atoms with Crippen LogP contribution >= 0.6 is 11.8 Å². The van der Waals surface area contributed by atoms with E-state index in [9.17, 15) is 0 Å². The van der Waals surface area contributed by atoms with Crippen LogP contribution in [0.1, 0.15) is 38.7 Å². The van der Waals surface area contributed by atoms with Gasteiger partial charge in [-0.05, 0) is 44.2 Å². The average molecular weight is 265 g/mol. The Kier molecular flexibility index (Phi) is 5.01. The molecule has 1 saturated carbocycles. The highest BCUT2D eigenvalue weighted by Crippen LogP contribution is 2.37. The largest absolute Gasteiger partial charge is 0.314 e. The normalized spacial score (nSPS) is 27.6. The van der Waals surface area contributed by atoms with Crippen LogP contribution in [-0.2, 0) is 0 Å². The van der Waals surface area contributed by atoms with Crippen molar-refractivity contribution in [3.63, 3.8) is 0 Å². The van der Waals surface area contributed by atoms with Crippen LogP contribution in [0.3, 0.4) is 0 Å². The summed E-state index contributed by atoms with van der Waals surface area (Å²) in [6.45, 7) is 7.73.